The van der Waals surface area contributed by atoms with E-state index in [1.165, 1.54) is 4.90 Å². The van der Waals surface area contributed by atoms with Crippen molar-refractivity contribution in [3.05, 3.63) is 0 Å². The molecule has 142 valence electrons. The van der Waals surface area contributed by atoms with Crippen LogP contribution >= 0.6 is 0 Å². The standard InChI is InChI=1S/C17H34N2O5/c1-16(2,3)23-14(21)18(7)10-8-11-19(12-9-13-20)15(22)24-17(4,5)6/h20H,8-13H2,1-7H3. The molecule has 0 aliphatic heterocycles. The van der Waals surface area contributed by atoms with Crippen molar-refractivity contribution in [3.8, 4) is 0 Å². The molecule has 0 saturated heterocycles. The monoisotopic (exact) mass is 346 g/mol. The second-order valence-electron chi connectivity index (χ2n) is 7.80. The molecule has 0 aromatic rings. The third-order valence-corrected chi connectivity index (χ3v) is 2.86. The molecule has 0 saturated carbocycles. The lowest BCUT2D eigenvalue weighted by Crippen LogP contribution is -2.40. The van der Waals surface area contributed by atoms with Gasteiger partial charge in [-0.1, -0.05) is 0 Å². The Kier molecular flexibility index (Phi) is 9.11. The molecule has 0 atom stereocenters. The fourth-order valence-corrected chi connectivity index (χ4v) is 1.81. The van der Waals surface area contributed by atoms with Gasteiger partial charge in [0.1, 0.15) is 11.2 Å². The summed E-state index contributed by atoms with van der Waals surface area (Å²) < 4.78 is 10.7. The summed E-state index contributed by atoms with van der Waals surface area (Å²) in [5, 5.41) is 8.98. The maximum atomic E-state index is 12.2. The van der Waals surface area contributed by atoms with Crippen molar-refractivity contribution in [2.75, 3.05) is 33.3 Å². The summed E-state index contributed by atoms with van der Waals surface area (Å²) in [6.45, 7) is 12.2. The van der Waals surface area contributed by atoms with Gasteiger partial charge in [0.25, 0.3) is 0 Å². The Bertz CT molecular complexity index is 399. The van der Waals surface area contributed by atoms with Crippen LogP contribution in [0.2, 0.25) is 0 Å². The summed E-state index contributed by atoms with van der Waals surface area (Å²) in [5.74, 6) is 0. The van der Waals surface area contributed by atoms with Crippen molar-refractivity contribution in [2.45, 2.75) is 65.6 Å². The van der Waals surface area contributed by atoms with Gasteiger partial charge in [-0.25, -0.2) is 9.59 Å². The van der Waals surface area contributed by atoms with Crippen molar-refractivity contribution in [2.24, 2.45) is 0 Å². The molecule has 0 spiro atoms. The van der Waals surface area contributed by atoms with Crippen LogP contribution in [-0.2, 0) is 9.47 Å². The van der Waals surface area contributed by atoms with Crippen LogP contribution in [-0.4, -0.2) is 71.6 Å². The second-order valence-corrected chi connectivity index (χ2v) is 7.80. The van der Waals surface area contributed by atoms with Gasteiger partial charge in [0.2, 0.25) is 0 Å². The topological polar surface area (TPSA) is 79.3 Å². The Morgan fingerprint density at radius 2 is 1.29 bits per heavy atom. The minimum absolute atomic E-state index is 0.0110. The van der Waals surface area contributed by atoms with Crippen LogP contribution in [0.5, 0.6) is 0 Å². The van der Waals surface area contributed by atoms with E-state index in [2.05, 4.69) is 0 Å². The molecule has 0 radical (unpaired) electrons. The lowest BCUT2D eigenvalue weighted by atomic mass is 10.2. The summed E-state index contributed by atoms with van der Waals surface area (Å²) >= 11 is 0. The number of hydrogen-bond donors (Lipinski definition) is 1. The van der Waals surface area contributed by atoms with Gasteiger partial charge in [0.15, 0.2) is 0 Å². The molecule has 0 aromatic carbocycles. The fraction of sp³-hybridized carbons (Fsp3) is 0.882. The molecular weight excluding hydrogens is 312 g/mol. The summed E-state index contributed by atoms with van der Waals surface area (Å²) in [4.78, 5) is 27.1. The van der Waals surface area contributed by atoms with E-state index in [0.29, 0.717) is 32.5 Å². The fourth-order valence-electron chi connectivity index (χ4n) is 1.81. The Labute approximate surface area is 145 Å². The summed E-state index contributed by atoms with van der Waals surface area (Å²) in [7, 11) is 1.67. The zero-order chi connectivity index (χ0) is 19.0. The Morgan fingerprint density at radius 1 is 0.833 bits per heavy atom. The van der Waals surface area contributed by atoms with Gasteiger partial charge in [-0.05, 0) is 54.4 Å². The van der Waals surface area contributed by atoms with Crippen LogP contribution in [0.1, 0.15) is 54.4 Å². The number of nitrogens with zero attached hydrogens (tertiary/aromatic N) is 2. The summed E-state index contributed by atoms with van der Waals surface area (Å²) in [5.41, 5.74) is -1.10. The minimum Gasteiger partial charge on any atom is -0.444 e. The molecule has 0 unspecified atom stereocenters. The predicted molar refractivity (Wildman–Crippen MR) is 93.0 cm³/mol. The third kappa shape index (κ3) is 11.1. The first kappa shape index (κ1) is 22.5. The molecule has 0 rings (SSSR count). The van der Waals surface area contributed by atoms with Gasteiger partial charge >= 0.3 is 12.2 Å². The molecule has 0 bridgehead atoms. The van der Waals surface area contributed by atoms with E-state index in [4.69, 9.17) is 14.6 Å². The first-order valence-electron chi connectivity index (χ1n) is 8.38. The van der Waals surface area contributed by atoms with Crippen LogP contribution in [0.4, 0.5) is 9.59 Å². The average molecular weight is 346 g/mol. The van der Waals surface area contributed by atoms with Crippen molar-refractivity contribution in [3.63, 3.8) is 0 Å². The molecule has 0 fully saturated rings. The lowest BCUT2D eigenvalue weighted by Gasteiger charge is -2.28. The molecule has 7 nitrogen and oxygen atoms in total. The first-order valence-corrected chi connectivity index (χ1v) is 8.38. The zero-order valence-electron chi connectivity index (χ0n) is 16.2. The molecule has 2 amide bonds. The Morgan fingerprint density at radius 3 is 1.75 bits per heavy atom. The molecule has 24 heavy (non-hydrogen) atoms. The van der Waals surface area contributed by atoms with Crippen molar-refractivity contribution >= 4 is 12.2 Å². The van der Waals surface area contributed by atoms with Gasteiger partial charge in [-0.3, -0.25) is 0 Å². The number of ether oxygens (including phenoxy) is 2. The van der Waals surface area contributed by atoms with E-state index in [0.717, 1.165) is 0 Å². The molecule has 7 heteroatoms. The largest absolute Gasteiger partial charge is 0.444 e. The van der Waals surface area contributed by atoms with Crippen LogP contribution in [0.3, 0.4) is 0 Å². The van der Waals surface area contributed by atoms with Crippen LogP contribution in [0.15, 0.2) is 0 Å². The Balaban J connectivity index is 4.45. The number of carbonyl (C=O) groups excluding carboxylic acids is 2. The molecule has 0 heterocycles. The van der Waals surface area contributed by atoms with E-state index in [9.17, 15) is 9.59 Å². The maximum absolute atomic E-state index is 12.2. The van der Waals surface area contributed by atoms with Gasteiger partial charge in [0, 0.05) is 33.3 Å². The van der Waals surface area contributed by atoms with E-state index in [-0.39, 0.29) is 12.7 Å². The van der Waals surface area contributed by atoms with Gasteiger partial charge < -0.3 is 24.4 Å². The SMILES string of the molecule is CN(CCCN(CCCO)C(=O)OC(C)(C)C)C(=O)OC(C)(C)C. The zero-order valence-corrected chi connectivity index (χ0v) is 16.2. The third-order valence-electron chi connectivity index (χ3n) is 2.86. The minimum atomic E-state index is -0.568. The van der Waals surface area contributed by atoms with Crippen LogP contribution in [0.25, 0.3) is 0 Å². The van der Waals surface area contributed by atoms with E-state index in [1.807, 2.05) is 41.5 Å². The number of rotatable bonds is 7. The van der Waals surface area contributed by atoms with E-state index < -0.39 is 17.3 Å². The van der Waals surface area contributed by atoms with E-state index in [1.54, 1.807) is 11.9 Å². The van der Waals surface area contributed by atoms with Crippen molar-refractivity contribution < 1.29 is 24.2 Å². The number of aliphatic hydroxyl groups excluding tert-OH is 1. The molecule has 0 aliphatic carbocycles. The quantitative estimate of drug-likeness (QED) is 0.767. The van der Waals surface area contributed by atoms with Crippen molar-refractivity contribution in [1.82, 2.24) is 9.80 Å². The number of amides is 2. The second kappa shape index (κ2) is 9.71. The van der Waals surface area contributed by atoms with Gasteiger partial charge in [-0.15, -0.1) is 0 Å². The number of carbonyl (C=O) groups is 2. The summed E-state index contributed by atoms with van der Waals surface area (Å²) in [6.07, 6.45) is 0.291. The van der Waals surface area contributed by atoms with E-state index >= 15 is 0 Å². The van der Waals surface area contributed by atoms with Crippen LogP contribution in [0, 0.1) is 0 Å². The maximum Gasteiger partial charge on any atom is 0.410 e. The molecule has 0 aromatic heterocycles. The highest BCUT2D eigenvalue weighted by Crippen LogP contribution is 2.12. The predicted octanol–water partition coefficient (Wildman–Crippen LogP) is 2.86. The highest BCUT2D eigenvalue weighted by molar-refractivity contribution is 5.68. The normalized spacial score (nSPS) is 11.8. The molecule has 1 N–H and O–H groups in total. The van der Waals surface area contributed by atoms with Crippen molar-refractivity contribution in [1.29, 1.82) is 0 Å². The smallest absolute Gasteiger partial charge is 0.410 e. The number of hydrogen-bond acceptors (Lipinski definition) is 5. The highest BCUT2D eigenvalue weighted by Gasteiger charge is 2.23. The average Bonchev–Trinajstić information content (AvgIpc) is 2.38. The lowest BCUT2D eigenvalue weighted by molar-refractivity contribution is 0.0219. The van der Waals surface area contributed by atoms with Crippen LogP contribution < -0.4 is 0 Å². The number of aliphatic hydroxyl groups is 1. The molecule has 0 aliphatic rings. The first-order chi connectivity index (χ1) is 10.9. The molecular formula is C17H34N2O5. The Hall–Kier alpha value is -1.50. The summed E-state index contributed by atoms with van der Waals surface area (Å²) in [6, 6.07) is 0. The van der Waals surface area contributed by atoms with Gasteiger partial charge in [-0.2, -0.15) is 0 Å². The highest BCUT2D eigenvalue weighted by atomic mass is 16.6. The van der Waals surface area contributed by atoms with Gasteiger partial charge in [0.05, 0.1) is 0 Å².